The Morgan fingerprint density at radius 1 is 1.10 bits per heavy atom. The third-order valence-electron chi connectivity index (χ3n) is 4.94. The topological polar surface area (TPSA) is 71.7 Å². The van der Waals surface area contributed by atoms with Gasteiger partial charge in [0.25, 0.3) is 17.7 Å². The van der Waals surface area contributed by atoms with Crippen LogP contribution < -0.4 is 4.80 Å². The minimum Gasteiger partial charge on any atom is -0.305 e. The van der Waals surface area contributed by atoms with Crippen molar-refractivity contribution >= 4 is 39.3 Å². The van der Waals surface area contributed by atoms with Gasteiger partial charge in [-0.05, 0) is 49.2 Å². The number of carbonyl (C=O) groups excluding carboxylic acids is 3. The third kappa shape index (κ3) is 3.18. The molecule has 1 aliphatic rings. The van der Waals surface area contributed by atoms with Crippen molar-refractivity contribution < 1.29 is 14.4 Å². The van der Waals surface area contributed by atoms with Crippen LogP contribution in [-0.4, -0.2) is 33.7 Å². The van der Waals surface area contributed by atoms with Gasteiger partial charge >= 0.3 is 0 Å². The zero-order valence-electron chi connectivity index (χ0n) is 15.9. The molecule has 0 atom stereocenters. The molecule has 2 heterocycles. The molecule has 0 unspecified atom stereocenters. The van der Waals surface area contributed by atoms with Crippen molar-refractivity contribution in [3.8, 4) is 12.3 Å². The number of aryl methyl sites for hydroxylation is 2. The van der Waals surface area contributed by atoms with Crippen LogP contribution in [0, 0.1) is 26.2 Å². The van der Waals surface area contributed by atoms with Crippen LogP contribution >= 0.6 is 11.3 Å². The van der Waals surface area contributed by atoms with Crippen molar-refractivity contribution in [3.05, 3.63) is 63.5 Å². The zero-order chi connectivity index (χ0) is 20.7. The van der Waals surface area contributed by atoms with Crippen molar-refractivity contribution in [1.29, 1.82) is 0 Å². The van der Waals surface area contributed by atoms with E-state index >= 15 is 0 Å². The monoisotopic (exact) mass is 403 g/mol. The minimum atomic E-state index is -0.578. The molecule has 1 aromatic heterocycles. The van der Waals surface area contributed by atoms with E-state index in [4.69, 9.17) is 6.42 Å². The highest BCUT2D eigenvalue weighted by atomic mass is 32.1. The number of rotatable bonds is 3. The summed E-state index contributed by atoms with van der Waals surface area (Å²) in [6.45, 7) is 3.89. The van der Waals surface area contributed by atoms with Gasteiger partial charge in [0, 0.05) is 0 Å². The average Bonchev–Trinajstić information content (AvgIpc) is 3.13. The molecular formula is C22H17N3O3S. The number of nitrogens with zero attached hydrogens (tertiary/aromatic N) is 3. The summed E-state index contributed by atoms with van der Waals surface area (Å²) in [6.07, 6.45) is 5.51. The molecule has 0 saturated heterocycles. The summed E-state index contributed by atoms with van der Waals surface area (Å²) in [5, 5.41) is 0. The van der Waals surface area contributed by atoms with E-state index in [1.165, 1.54) is 11.3 Å². The highest BCUT2D eigenvalue weighted by Gasteiger charge is 2.36. The van der Waals surface area contributed by atoms with Crippen molar-refractivity contribution in [2.75, 3.05) is 6.54 Å². The third-order valence-corrected chi connectivity index (χ3v) is 5.98. The van der Waals surface area contributed by atoms with Crippen molar-refractivity contribution in [3.63, 3.8) is 0 Å². The Labute approximate surface area is 171 Å². The SMILES string of the molecule is C#CCn1c(=NC(=O)CN2C(=O)c3ccccc3C2=O)sc2cc(C)c(C)cc21. The van der Waals surface area contributed by atoms with Crippen LogP contribution in [0.15, 0.2) is 41.4 Å². The van der Waals surface area contributed by atoms with E-state index in [-0.39, 0.29) is 6.54 Å². The summed E-state index contributed by atoms with van der Waals surface area (Å²) in [6, 6.07) is 10.6. The van der Waals surface area contributed by atoms with Crippen LogP contribution in [0.4, 0.5) is 0 Å². The smallest absolute Gasteiger partial charge is 0.268 e. The molecule has 7 heteroatoms. The number of hydrogen-bond donors (Lipinski definition) is 0. The number of hydrogen-bond acceptors (Lipinski definition) is 4. The fourth-order valence-electron chi connectivity index (χ4n) is 3.31. The average molecular weight is 403 g/mol. The zero-order valence-corrected chi connectivity index (χ0v) is 16.7. The van der Waals surface area contributed by atoms with E-state index in [0.29, 0.717) is 15.9 Å². The summed E-state index contributed by atoms with van der Waals surface area (Å²) in [4.78, 5) is 43.1. The van der Waals surface area contributed by atoms with Gasteiger partial charge in [0.1, 0.15) is 6.54 Å². The van der Waals surface area contributed by atoms with Gasteiger partial charge in [-0.25, -0.2) is 0 Å². The Kier molecular flexibility index (Phi) is 4.65. The van der Waals surface area contributed by atoms with E-state index in [2.05, 4.69) is 10.9 Å². The van der Waals surface area contributed by atoms with Crippen LogP contribution in [0.2, 0.25) is 0 Å². The van der Waals surface area contributed by atoms with Crippen LogP contribution in [0.25, 0.3) is 10.2 Å². The van der Waals surface area contributed by atoms with Gasteiger partial charge in [-0.15, -0.1) is 6.42 Å². The van der Waals surface area contributed by atoms with E-state index < -0.39 is 24.3 Å². The molecule has 0 N–H and O–H groups in total. The van der Waals surface area contributed by atoms with E-state index in [1.54, 1.807) is 28.8 Å². The molecular weight excluding hydrogens is 386 g/mol. The van der Waals surface area contributed by atoms with Crippen LogP contribution in [0.1, 0.15) is 31.8 Å². The molecule has 144 valence electrons. The lowest BCUT2D eigenvalue weighted by atomic mass is 10.1. The molecule has 3 aromatic rings. The van der Waals surface area contributed by atoms with E-state index in [9.17, 15) is 14.4 Å². The number of benzene rings is 2. The Hall–Kier alpha value is -3.50. The molecule has 0 radical (unpaired) electrons. The van der Waals surface area contributed by atoms with Crippen molar-refractivity contribution in [1.82, 2.24) is 9.47 Å². The maximum Gasteiger partial charge on any atom is 0.268 e. The number of aromatic nitrogens is 1. The number of thiazole rings is 1. The quantitative estimate of drug-likeness (QED) is 0.499. The van der Waals surface area contributed by atoms with Gasteiger partial charge in [-0.1, -0.05) is 29.4 Å². The largest absolute Gasteiger partial charge is 0.305 e. The summed E-state index contributed by atoms with van der Waals surface area (Å²) in [5.41, 5.74) is 3.77. The first-order valence-corrected chi connectivity index (χ1v) is 9.79. The molecule has 6 nitrogen and oxygen atoms in total. The lowest BCUT2D eigenvalue weighted by Gasteiger charge is -2.10. The predicted octanol–water partition coefficient (Wildman–Crippen LogP) is 2.68. The molecule has 3 amide bonds. The Balaban J connectivity index is 1.70. The number of imide groups is 1. The van der Waals surface area contributed by atoms with Gasteiger partial charge in [0.15, 0.2) is 4.80 Å². The van der Waals surface area contributed by atoms with Crippen LogP contribution in [0.3, 0.4) is 0 Å². The van der Waals surface area contributed by atoms with E-state index in [1.807, 2.05) is 26.0 Å². The minimum absolute atomic E-state index is 0.266. The normalized spacial score (nSPS) is 13.8. The predicted molar refractivity (Wildman–Crippen MR) is 111 cm³/mol. The highest BCUT2D eigenvalue weighted by Crippen LogP contribution is 2.23. The van der Waals surface area contributed by atoms with Gasteiger partial charge in [-0.3, -0.25) is 19.3 Å². The molecule has 4 rings (SSSR count). The van der Waals surface area contributed by atoms with Gasteiger partial charge < -0.3 is 4.57 Å². The second-order valence-electron chi connectivity index (χ2n) is 6.83. The lowest BCUT2D eigenvalue weighted by molar-refractivity contribution is -0.118. The summed E-state index contributed by atoms with van der Waals surface area (Å²) in [5.74, 6) is 1.05. The first kappa shape index (κ1) is 18.8. The Bertz CT molecular complexity index is 1270. The molecule has 0 spiro atoms. The standard InChI is InChI=1S/C22H17N3O3S/c1-4-9-24-17-10-13(2)14(3)11-18(17)29-22(24)23-19(26)12-25-20(27)15-7-5-6-8-16(15)21(25)28/h1,5-8,10-11H,9,12H2,2-3H3. The number of amides is 3. The molecule has 0 aliphatic carbocycles. The van der Waals surface area contributed by atoms with Crippen molar-refractivity contribution in [2.45, 2.75) is 20.4 Å². The number of carbonyl (C=O) groups is 3. The first-order valence-electron chi connectivity index (χ1n) is 8.97. The fourth-order valence-corrected chi connectivity index (χ4v) is 4.44. The summed E-state index contributed by atoms with van der Waals surface area (Å²) in [7, 11) is 0. The molecule has 29 heavy (non-hydrogen) atoms. The Morgan fingerprint density at radius 3 is 2.34 bits per heavy atom. The summed E-state index contributed by atoms with van der Waals surface area (Å²) < 4.78 is 2.77. The molecule has 0 fully saturated rings. The Morgan fingerprint density at radius 2 is 1.72 bits per heavy atom. The van der Waals surface area contributed by atoms with Crippen LogP contribution in [0.5, 0.6) is 0 Å². The van der Waals surface area contributed by atoms with Crippen LogP contribution in [-0.2, 0) is 11.3 Å². The van der Waals surface area contributed by atoms with Gasteiger partial charge in [0.05, 0.1) is 27.9 Å². The molecule has 2 aromatic carbocycles. The van der Waals surface area contributed by atoms with Gasteiger partial charge in [0.2, 0.25) is 0 Å². The van der Waals surface area contributed by atoms with Crippen molar-refractivity contribution in [2.24, 2.45) is 4.99 Å². The maximum atomic E-state index is 12.6. The lowest BCUT2D eigenvalue weighted by Crippen LogP contribution is -2.35. The molecule has 0 bridgehead atoms. The molecule has 1 aliphatic heterocycles. The number of fused-ring (bicyclic) bond motifs is 2. The number of terminal acetylenes is 1. The summed E-state index contributed by atoms with van der Waals surface area (Å²) >= 11 is 1.35. The second kappa shape index (κ2) is 7.15. The maximum absolute atomic E-state index is 12.6. The second-order valence-corrected chi connectivity index (χ2v) is 7.84. The molecule has 0 saturated carbocycles. The highest BCUT2D eigenvalue weighted by molar-refractivity contribution is 7.16. The fraction of sp³-hybridized carbons (Fsp3) is 0.182. The van der Waals surface area contributed by atoms with Gasteiger partial charge in [-0.2, -0.15) is 4.99 Å². The first-order chi connectivity index (χ1) is 13.9. The van der Waals surface area contributed by atoms with E-state index in [0.717, 1.165) is 26.2 Å².